The Balaban J connectivity index is 2.09. The lowest BCUT2D eigenvalue weighted by atomic mass is 10.1. The summed E-state index contributed by atoms with van der Waals surface area (Å²) in [5.41, 5.74) is 4.53. The Bertz CT molecular complexity index is 595. The van der Waals surface area contributed by atoms with Gasteiger partial charge >= 0.3 is 0 Å². The summed E-state index contributed by atoms with van der Waals surface area (Å²) in [5.74, 6) is 0. The summed E-state index contributed by atoms with van der Waals surface area (Å²) in [5, 5.41) is 0. The van der Waals surface area contributed by atoms with Gasteiger partial charge in [0.25, 0.3) is 0 Å². The third-order valence-corrected chi connectivity index (χ3v) is 3.91. The second kappa shape index (κ2) is 9.16. The Morgan fingerprint density at radius 1 is 0.917 bits per heavy atom. The number of rotatable bonds is 9. The van der Waals surface area contributed by atoms with Crippen molar-refractivity contribution in [3.8, 4) is 0 Å². The van der Waals surface area contributed by atoms with Crippen LogP contribution in [0.15, 0.2) is 61.7 Å². The van der Waals surface area contributed by atoms with E-state index >= 15 is 0 Å². The molecular formula is C21H24FNO. The molecule has 2 rings (SSSR count). The number of hydrogen-bond acceptors (Lipinski definition) is 2. The van der Waals surface area contributed by atoms with Gasteiger partial charge in [0.05, 0.1) is 0 Å². The van der Waals surface area contributed by atoms with Gasteiger partial charge in [-0.05, 0) is 33.7 Å². The molecule has 0 heterocycles. The van der Waals surface area contributed by atoms with E-state index in [-0.39, 0.29) is 0 Å². The first-order valence-corrected chi connectivity index (χ1v) is 8.07. The zero-order chi connectivity index (χ0) is 17.4. The van der Waals surface area contributed by atoms with Gasteiger partial charge in [-0.2, -0.15) is 4.94 Å². The smallest absolute Gasteiger partial charge is 0.108 e. The van der Waals surface area contributed by atoms with Crippen LogP contribution in [-0.4, -0.2) is 17.5 Å². The lowest BCUT2D eigenvalue weighted by molar-refractivity contribution is -0.178. The number of halogens is 1. The summed E-state index contributed by atoms with van der Waals surface area (Å²) in [4.78, 5) is 6.14. The van der Waals surface area contributed by atoms with Crippen molar-refractivity contribution in [2.45, 2.75) is 26.1 Å². The molecule has 0 N–H and O–H groups in total. The molecule has 0 aliphatic carbocycles. The van der Waals surface area contributed by atoms with Crippen molar-refractivity contribution < 1.29 is 9.47 Å². The van der Waals surface area contributed by atoms with Crippen LogP contribution in [0.4, 0.5) is 4.53 Å². The molecule has 0 saturated carbocycles. The topological polar surface area (TPSA) is 12.5 Å². The summed E-state index contributed by atoms with van der Waals surface area (Å²) in [6, 6.07) is 16.4. The van der Waals surface area contributed by atoms with E-state index in [1.807, 2.05) is 36.4 Å². The zero-order valence-corrected chi connectivity index (χ0v) is 14.1. The summed E-state index contributed by atoms with van der Waals surface area (Å²) in [7, 11) is 0. The summed E-state index contributed by atoms with van der Waals surface area (Å²) in [6.07, 6.45) is 3.17. The Kier molecular flexibility index (Phi) is 6.91. The van der Waals surface area contributed by atoms with Gasteiger partial charge < -0.3 is 0 Å². The maximum absolute atomic E-state index is 12.5. The lowest BCUT2D eigenvalue weighted by Crippen LogP contribution is -2.30. The number of nitrogens with zero attached hydrogens (tertiary/aromatic N) is 1. The number of benzene rings is 2. The van der Waals surface area contributed by atoms with Crippen molar-refractivity contribution in [2.24, 2.45) is 0 Å². The molecule has 1 unspecified atom stereocenters. The molecule has 0 aliphatic heterocycles. The van der Waals surface area contributed by atoms with Crippen molar-refractivity contribution in [1.82, 2.24) is 4.90 Å². The van der Waals surface area contributed by atoms with Gasteiger partial charge in [0, 0.05) is 19.6 Å². The van der Waals surface area contributed by atoms with E-state index in [0.717, 1.165) is 24.2 Å². The molecule has 0 radical (unpaired) electrons. The Morgan fingerprint density at radius 2 is 1.33 bits per heavy atom. The standard InChI is InChI=1S/C21H24FNO/c1-4-18-6-10-20(11-7-18)15-23(14-17(3)24-22)16-21-12-8-19(5-2)9-13-21/h4-13,17H,1-2,14-16H2,3H3. The molecule has 1 atom stereocenters. The third-order valence-electron chi connectivity index (χ3n) is 3.91. The van der Waals surface area contributed by atoms with Gasteiger partial charge in [-0.3, -0.25) is 4.90 Å². The van der Waals surface area contributed by atoms with Gasteiger partial charge in [-0.1, -0.05) is 73.8 Å². The second-order valence-corrected chi connectivity index (χ2v) is 5.96. The van der Waals surface area contributed by atoms with Crippen LogP contribution < -0.4 is 0 Å². The quantitative estimate of drug-likeness (QED) is 0.623. The molecule has 0 aliphatic rings. The highest BCUT2D eigenvalue weighted by Gasteiger charge is 2.13. The molecule has 0 bridgehead atoms. The Labute approximate surface area is 143 Å². The third kappa shape index (κ3) is 5.44. The first-order valence-electron chi connectivity index (χ1n) is 8.07. The summed E-state index contributed by atoms with van der Waals surface area (Å²) in [6.45, 7) is 11.2. The van der Waals surface area contributed by atoms with E-state index in [1.54, 1.807) is 6.92 Å². The summed E-state index contributed by atoms with van der Waals surface area (Å²) < 4.78 is 12.5. The predicted molar refractivity (Wildman–Crippen MR) is 98.8 cm³/mol. The maximum atomic E-state index is 12.5. The molecule has 24 heavy (non-hydrogen) atoms. The zero-order valence-electron chi connectivity index (χ0n) is 14.1. The van der Waals surface area contributed by atoms with Crippen molar-refractivity contribution in [1.29, 1.82) is 0 Å². The van der Waals surface area contributed by atoms with Gasteiger partial charge in [0.15, 0.2) is 0 Å². The minimum absolute atomic E-state index is 0.468. The normalized spacial score (nSPS) is 12.1. The van der Waals surface area contributed by atoms with Crippen molar-refractivity contribution in [3.05, 3.63) is 83.9 Å². The van der Waals surface area contributed by atoms with Crippen LogP contribution in [-0.2, 0) is 18.0 Å². The molecule has 126 valence electrons. The minimum Gasteiger partial charge on any atom is -0.292 e. The van der Waals surface area contributed by atoms with Crippen molar-refractivity contribution >= 4 is 12.2 Å². The molecule has 2 aromatic carbocycles. The highest BCUT2D eigenvalue weighted by atomic mass is 19.3. The van der Waals surface area contributed by atoms with Crippen LogP contribution in [0.3, 0.4) is 0 Å². The highest BCUT2D eigenvalue weighted by molar-refractivity contribution is 5.47. The van der Waals surface area contributed by atoms with E-state index in [2.05, 4.69) is 47.3 Å². The van der Waals surface area contributed by atoms with E-state index in [4.69, 9.17) is 0 Å². The Morgan fingerprint density at radius 3 is 1.67 bits per heavy atom. The largest absolute Gasteiger partial charge is 0.292 e. The van der Waals surface area contributed by atoms with Gasteiger partial charge in [0.2, 0.25) is 0 Å². The first kappa shape index (κ1) is 18.1. The SMILES string of the molecule is C=Cc1ccc(CN(Cc2ccc(C=C)cc2)CC(C)OF)cc1. The fourth-order valence-electron chi connectivity index (χ4n) is 2.61. The van der Waals surface area contributed by atoms with Crippen LogP contribution in [0.2, 0.25) is 0 Å². The van der Waals surface area contributed by atoms with Crippen LogP contribution >= 0.6 is 0 Å². The highest BCUT2D eigenvalue weighted by Crippen LogP contribution is 2.14. The summed E-state index contributed by atoms with van der Waals surface area (Å²) >= 11 is 0. The van der Waals surface area contributed by atoms with E-state index in [0.29, 0.717) is 6.54 Å². The van der Waals surface area contributed by atoms with Crippen molar-refractivity contribution in [3.63, 3.8) is 0 Å². The number of hydrogen-bond donors (Lipinski definition) is 0. The fraction of sp³-hybridized carbons (Fsp3) is 0.238. The second-order valence-electron chi connectivity index (χ2n) is 5.96. The molecular weight excluding hydrogens is 301 g/mol. The molecule has 0 amide bonds. The molecule has 2 aromatic rings. The molecule has 0 spiro atoms. The van der Waals surface area contributed by atoms with Gasteiger partial charge in [-0.15, -0.1) is 0 Å². The fourth-order valence-corrected chi connectivity index (χ4v) is 2.61. The average Bonchev–Trinajstić information content (AvgIpc) is 2.62. The van der Waals surface area contributed by atoms with Gasteiger partial charge in [0.1, 0.15) is 6.10 Å². The van der Waals surface area contributed by atoms with Gasteiger partial charge in [-0.25, -0.2) is 0 Å². The molecule has 0 saturated heterocycles. The van der Waals surface area contributed by atoms with Crippen LogP contribution in [0, 0.1) is 0 Å². The molecule has 3 heteroatoms. The van der Waals surface area contributed by atoms with E-state index in [1.165, 1.54) is 11.1 Å². The molecule has 0 aromatic heterocycles. The monoisotopic (exact) mass is 325 g/mol. The minimum atomic E-state index is -0.468. The maximum Gasteiger partial charge on any atom is 0.108 e. The van der Waals surface area contributed by atoms with E-state index < -0.39 is 6.10 Å². The molecule has 2 nitrogen and oxygen atoms in total. The molecule has 0 fully saturated rings. The van der Waals surface area contributed by atoms with Crippen molar-refractivity contribution in [2.75, 3.05) is 6.54 Å². The average molecular weight is 325 g/mol. The Hall–Kier alpha value is -2.23. The first-order chi connectivity index (χ1) is 11.6. The predicted octanol–water partition coefficient (Wildman–Crippen LogP) is 5.26. The lowest BCUT2D eigenvalue weighted by Gasteiger charge is -2.24. The van der Waals surface area contributed by atoms with E-state index in [9.17, 15) is 4.53 Å². The van der Waals surface area contributed by atoms with Crippen LogP contribution in [0.25, 0.3) is 12.2 Å². The van der Waals surface area contributed by atoms with Crippen LogP contribution in [0.5, 0.6) is 0 Å². The van der Waals surface area contributed by atoms with Crippen LogP contribution in [0.1, 0.15) is 29.2 Å².